The molecule has 2 rings (SSSR count). The Labute approximate surface area is 110 Å². The summed E-state index contributed by atoms with van der Waals surface area (Å²) in [6.45, 7) is 0. The van der Waals surface area contributed by atoms with Gasteiger partial charge in [0.05, 0.1) is 17.2 Å². The highest BCUT2D eigenvalue weighted by molar-refractivity contribution is 5.67. The number of halogens is 5. The molecule has 0 N–H and O–H groups in total. The third-order valence-electron chi connectivity index (χ3n) is 2.68. The number of hydrogen-bond acceptors (Lipinski definition) is 1. The Bertz CT molecular complexity index is 698. The van der Waals surface area contributed by atoms with Gasteiger partial charge in [-0.2, -0.15) is 18.4 Å². The lowest BCUT2D eigenvalue weighted by molar-refractivity contribution is -0.137. The quantitative estimate of drug-likeness (QED) is 0.706. The Balaban J connectivity index is 2.57. The second-order valence-electron chi connectivity index (χ2n) is 4.00. The molecule has 102 valence electrons. The molecule has 0 aliphatic rings. The molecule has 0 atom stereocenters. The summed E-state index contributed by atoms with van der Waals surface area (Å²) in [5.41, 5.74) is -1.65. The lowest BCUT2D eigenvalue weighted by Gasteiger charge is -2.10. The molecule has 0 aliphatic carbocycles. The normalized spacial score (nSPS) is 11.2. The van der Waals surface area contributed by atoms with Gasteiger partial charge in [-0.1, -0.05) is 6.07 Å². The maximum Gasteiger partial charge on any atom is 0.416 e. The number of rotatable bonds is 1. The van der Waals surface area contributed by atoms with Gasteiger partial charge in [0.25, 0.3) is 0 Å². The van der Waals surface area contributed by atoms with Crippen LogP contribution >= 0.6 is 0 Å². The van der Waals surface area contributed by atoms with E-state index in [9.17, 15) is 22.0 Å². The Morgan fingerprint density at radius 1 is 0.850 bits per heavy atom. The van der Waals surface area contributed by atoms with Gasteiger partial charge < -0.3 is 0 Å². The lowest BCUT2D eigenvalue weighted by Crippen LogP contribution is -2.05. The predicted octanol–water partition coefficient (Wildman–Crippen LogP) is 4.52. The smallest absolute Gasteiger partial charge is 0.206 e. The molecule has 0 fully saturated rings. The number of benzene rings is 2. The molecule has 0 saturated heterocycles. The Morgan fingerprint density at radius 3 is 2.10 bits per heavy atom. The fourth-order valence-corrected chi connectivity index (χ4v) is 1.71. The number of nitriles is 1. The molecule has 2 aromatic carbocycles. The van der Waals surface area contributed by atoms with Crippen molar-refractivity contribution in [2.75, 3.05) is 0 Å². The van der Waals surface area contributed by atoms with Gasteiger partial charge in [0, 0.05) is 11.1 Å². The van der Waals surface area contributed by atoms with Gasteiger partial charge in [-0.15, -0.1) is 0 Å². The summed E-state index contributed by atoms with van der Waals surface area (Å²) in [6.07, 6.45) is -4.67. The first-order valence-electron chi connectivity index (χ1n) is 5.39. The number of hydrogen-bond donors (Lipinski definition) is 0. The molecule has 0 aromatic heterocycles. The number of alkyl halides is 3. The lowest BCUT2D eigenvalue weighted by atomic mass is 10.0. The van der Waals surface area contributed by atoms with E-state index >= 15 is 0 Å². The minimum Gasteiger partial charge on any atom is -0.206 e. The standard InChI is InChI=1S/C14H6F5N/c15-12-4-1-8(7-20)5-11(12)10-3-2-9(6-13(10)16)14(17,18)19/h1-6H. The first-order valence-corrected chi connectivity index (χ1v) is 5.39. The molecule has 0 unspecified atom stereocenters. The maximum absolute atomic E-state index is 13.7. The molecule has 1 nitrogen and oxygen atoms in total. The van der Waals surface area contributed by atoms with E-state index < -0.39 is 23.4 Å². The van der Waals surface area contributed by atoms with Crippen LogP contribution in [0.3, 0.4) is 0 Å². The van der Waals surface area contributed by atoms with E-state index in [1.165, 1.54) is 6.07 Å². The van der Waals surface area contributed by atoms with E-state index in [0.717, 1.165) is 18.2 Å². The van der Waals surface area contributed by atoms with E-state index in [-0.39, 0.29) is 16.7 Å². The third-order valence-corrected chi connectivity index (χ3v) is 2.68. The molecule has 0 saturated carbocycles. The largest absolute Gasteiger partial charge is 0.416 e. The molecule has 2 aromatic rings. The Morgan fingerprint density at radius 2 is 1.55 bits per heavy atom. The van der Waals surface area contributed by atoms with Crippen LogP contribution in [0.1, 0.15) is 11.1 Å². The molecule has 0 aliphatic heterocycles. The molecular weight excluding hydrogens is 277 g/mol. The first-order chi connectivity index (χ1) is 9.32. The predicted molar refractivity (Wildman–Crippen MR) is 61.5 cm³/mol. The molecule has 0 spiro atoms. The highest BCUT2D eigenvalue weighted by atomic mass is 19.4. The van der Waals surface area contributed by atoms with Gasteiger partial charge in [0.1, 0.15) is 11.6 Å². The van der Waals surface area contributed by atoms with Gasteiger partial charge in [0.15, 0.2) is 0 Å². The van der Waals surface area contributed by atoms with E-state index in [0.29, 0.717) is 12.1 Å². The van der Waals surface area contributed by atoms with E-state index in [4.69, 9.17) is 5.26 Å². The molecule has 20 heavy (non-hydrogen) atoms. The fourth-order valence-electron chi connectivity index (χ4n) is 1.71. The molecule has 6 heteroatoms. The second kappa shape index (κ2) is 4.93. The summed E-state index contributed by atoms with van der Waals surface area (Å²) in [5.74, 6) is -2.02. The minimum absolute atomic E-state index is 0.0840. The van der Waals surface area contributed by atoms with Crippen molar-refractivity contribution in [3.05, 3.63) is 59.2 Å². The summed E-state index contributed by atoms with van der Waals surface area (Å²) in [6, 6.07) is 6.80. The second-order valence-corrected chi connectivity index (χ2v) is 4.00. The van der Waals surface area contributed by atoms with Crippen molar-refractivity contribution in [2.24, 2.45) is 0 Å². The number of nitrogens with zero attached hydrogens (tertiary/aromatic N) is 1. The summed E-state index contributed by atoms with van der Waals surface area (Å²) < 4.78 is 64.6. The van der Waals surface area contributed by atoms with Crippen LogP contribution in [0.25, 0.3) is 11.1 Å². The van der Waals surface area contributed by atoms with Crippen LogP contribution in [0.2, 0.25) is 0 Å². The molecule has 0 bridgehead atoms. The van der Waals surface area contributed by atoms with Gasteiger partial charge in [0.2, 0.25) is 0 Å². The van der Waals surface area contributed by atoms with Crippen LogP contribution < -0.4 is 0 Å². The van der Waals surface area contributed by atoms with Crippen molar-refractivity contribution in [3.8, 4) is 17.2 Å². The van der Waals surface area contributed by atoms with Crippen LogP contribution in [0, 0.1) is 23.0 Å². The average Bonchev–Trinajstić information content (AvgIpc) is 2.38. The monoisotopic (exact) mass is 283 g/mol. The average molecular weight is 283 g/mol. The van der Waals surface area contributed by atoms with Crippen molar-refractivity contribution in [3.63, 3.8) is 0 Å². The molecule has 0 heterocycles. The van der Waals surface area contributed by atoms with Crippen LogP contribution in [0.15, 0.2) is 36.4 Å². The van der Waals surface area contributed by atoms with E-state index in [2.05, 4.69) is 0 Å². The fraction of sp³-hybridized carbons (Fsp3) is 0.0714. The van der Waals surface area contributed by atoms with Crippen LogP contribution in [-0.4, -0.2) is 0 Å². The molecule has 0 radical (unpaired) electrons. The summed E-state index contributed by atoms with van der Waals surface area (Å²) in [4.78, 5) is 0. The highest BCUT2D eigenvalue weighted by Crippen LogP contribution is 2.33. The minimum atomic E-state index is -4.67. The zero-order chi connectivity index (χ0) is 14.9. The van der Waals surface area contributed by atoms with Crippen LogP contribution in [0.4, 0.5) is 22.0 Å². The van der Waals surface area contributed by atoms with Crippen LogP contribution in [-0.2, 0) is 6.18 Å². The SMILES string of the molecule is N#Cc1ccc(F)c(-c2ccc(C(F)(F)F)cc2F)c1. The van der Waals surface area contributed by atoms with Crippen molar-refractivity contribution in [2.45, 2.75) is 6.18 Å². The first kappa shape index (κ1) is 14.0. The zero-order valence-corrected chi connectivity index (χ0v) is 9.80. The van der Waals surface area contributed by atoms with Crippen molar-refractivity contribution in [1.82, 2.24) is 0 Å². The summed E-state index contributed by atoms with van der Waals surface area (Å²) in [7, 11) is 0. The van der Waals surface area contributed by atoms with E-state index in [1.807, 2.05) is 0 Å². The van der Waals surface area contributed by atoms with Gasteiger partial charge in [-0.05, 0) is 30.3 Å². The van der Waals surface area contributed by atoms with E-state index in [1.54, 1.807) is 6.07 Å². The van der Waals surface area contributed by atoms with Gasteiger partial charge >= 0.3 is 6.18 Å². The third kappa shape index (κ3) is 2.62. The topological polar surface area (TPSA) is 23.8 Å². The molecular formula is C14H6F5N. The zero-order valence-electron chi connectivity index (χ0n) is 9.80. The van der Waals surface area contributed by atoms with Crippen molar-refractivity contribution < 1.29 is 22.0 Å². The van der Waals surface area contributed by atoms with Gasteiger partial charge in [-0.25, -0.2) is 8.78 Å². The highest BCUT2D eigenvalue weighted by Gasteiger charge is 2.31. The Kier molecular flexibility index (Phi) is 3.45. The Hall–Kier alpha value is -2.42. The summed E-state index contributed by atoms with van der Waals surface area (Å²) >= 11 is 0. The van der Waals surface area contributed by atoms with Crippen LogP contribution in [0.5, 0.6) is 0 Å². The van der Waals surface area contributed by atoms with Crippen molar-refractivity contribution >= 4 is 0 Å². The summed E-state index contributed by atoms with van der Waals surface area (Å²) in [5, 5.41) is 8.70. The van der Waals surface area contributed by atoms with Crippen molar-refractivity contribution in [1.29, 1.82) is 5.26 Å². The van der Waals surface area contributed by atoms with Gasteiger partial charge in [-0.3, -0.25) is 0 Å². The maximum atomic E-state index is 13.7. The molecule has 0 amide bonds.